The number of ether oxygens (including phenoxy) is 2. The first-order chi connectivity index (χ1) is 14.1. The van der Waals surface area contributed by atoms with Gasteiger partial charge in [-0.3, -0.25) is 9.69 Å². The molecular formula is C23H32N2O4. The fourth-order valence-corrected chi connectivity index (χ4v) is 6.12. The molecule has 2 aliphatic carbocycles. The van der Waals surface area contributed by atoms with E-state index in [1.807, 2.05) is 0 Å². The number of methoxy groups -OCH3 is 1. The van der Waals surface area contributed by atoms with Crippen LogP contribution in [-0.2, 0) is 14.3 Å². The smallest absolute Gasteiger partial charge is 0.219 e. The molecule has 6 heteroatoms. The van der Waals surface area contributed by atoms with E-state index >= 15 is 0 Å². The average molecular weight is 401 g/mol. The molecule has 1 N–H and O–H groups in total. The maximum absolute atomic E-state index is 13.4. The Morgan fingerprint density at radius 1 is 1.31 bits per heavy atom. The maximum Gasteiger partial charge on any atom is 0.219 e. The summed E-state index contributed by atoms with van der Waals surface area (Å²) in [5.74, 6) is 1.45. The summed E-state index contributed by atoms with van der Waals surface area (Å²) in [6.45, 7) is 2.40. The van der Waals surface area contributed by atoms with Crippen LogP contribution in [0.25, 0.3) is 0 Å². The largest absolute Gasteiger partial charge is 0.493 e. The van der Waals surface area contributed by atoms with Crippen LogP contribution < -0.4 is 0 Å². The van der Waals surface area contributed by atoms with E-state index in [1.165, 1.54) is 12.0 Å². The quantitative estimate of drug-likeness (QED) is 0.789. The second kappa shape index (κ2) is 7.55. The molecule has 29 heavy (non-hydrogen) atoms. The monoisotopic (exact) mass is 400 g/mol. The Morgan fingerprint density at radius 3 is 2.93 bits per heavy atom. The van der Waals surface area contributed by atoms with E-state index in [0.29, 0.717) is 30.9 Å². The molecule has 1 spiro atoms. The van der Waals surface area contributed by atoms with Crippen molar-refractivity contribution >= 4 is 11.7 Å². The molecule has 3 heterocycles. The third-order valence-corrected chi connectivity index (χ3v) is 7.43. The third kappa shape index (κ3) is 3.25. The van der Waals surface area contributed by atoms with E-state index in [1.54, 1.807) is 7.11 Å². The lowest BCUT2D eigenvalue weighted by Gasteiger charge is -2.39. The Bertz CT molecular complexity index is 780. The number of piperidine rings is 1. The number of rotatable bonds is 3. The minimum Gasteiger partial charge on any atom is -0.493 e. The van der Waals surface area contributed by atoms with Crippen molar-refractivity contribution in [1.29, 1.82) is 0 Å². The van der Waals surface area contributed by atoms with E-state index in [0.717, 1.165) is 57.4 Å². The molecule has 0 radical (unpaired) electrons. The van der Waals surface area contributed by atoms with Crippen LogP contribution in [0.2, 0.25) is 0 Å². The highest BCUT2D eigenvalue weighted by Crippen LogP contribution is 2.57. The summed E-state index contributed by atoms with van der Waals surface area (Å²) in [5.41, 5.74) is 1.56. The molecule has 1 saturated carbocycles. The molecule has 6 nitrogen and oxygen atoms in total. The van der Waals surface area contributed by atoms with E-state index in [4.69, 9.17) is 14.5 Å². The predicted octanol–water partition coefficient (Wildman–Crippen LogP) is 2.76. The molecule has 2 fully saturated rings. The molecule has 0 aromatic carbocycles. The fourth-order valence-electron chi connectivity index (χ4n) is 6.12. The first-order valence-corrected chi connectivity index (χ1v) is 11.3. The van der Waals surface area contributed by atoms with Gasteiger partial charge in [-0.1, -0.05) is 18.9 Å². The third-order valence-electron chi connectivity index (χ3n) is 7.43. The standard InChI is InChI=1S/C23H32N2O4/c1-28-22-16(18(27)14-25-9-5-2-6-10-25)13-23-8-4-3-7-20(23)29-19-12-15(26)11-17(24-22)21(19)23/h13,15,17,20,26H,2-12,14H2,1H3/t15-,17+,20+,23?/m1/s1. The van der Waals surface area contributed by atoms with Crippen LogP contribution in [0.15, 0.2) is 28.0 Å². The summed E-state index contributed by atoms with van der Waals surface area (Å²) in [6.07, 6.45) is 10.7. The van der Waals surface area contributed by atoms with Gasteiger partial charge >= 0.3 is 0 Å². The summed E-state index contributed by atoms with van der Waals surface area (Å²) in [7, 11) is 1.60. The number of hydrogen-bond donors (Lipinski definition) is 1. The summed E-state index contributed by atoms with van der Waals surface area (Å²) >= 11 is 0. The Hall–Kier alpha value is -1.66. The Morgan fingerprint density at radius 2 is 2.14 bits per heavy atom. The minimum absolute atomic E-state index is 0.0539. The Labute approximate surface area is 172 Å². The minimum atomic E-state index is -0.455. The Balaban J connectivity index is 1.56. The molecular weight excluding hydrogens is 368 g/mol. The number of carbonyl (C=O) groups excluding carboxylic acids is 1. The number of carbonyl (C=O) groups is 1. The topological polar surface area (TPSA) is 71.4 Å². The van der Waals surface area contributed by atoms with Crippen molar-refractivity contribution in [2.75, 3.05) is 26.7 Å². The van der Waals surface area contributed by atoms with Gasteiger partial charge in [-0.05, 0) is 45.2 Å². The number of aliphatic hydroxyl groups excluding tert-OH is 1. The predicted molar refractivity (Wildman–Crippen MR) is 110 cm³/mol. The molecule has 4 atom stereocenters. The molecule has 3 aliphatic heterocycles. The van der Waals surface area contributed by atoms with Gasteiger partial charge in [-0.25, -0.2) is 4.99 Å². The highest BCUT2D eigenvalue weighted by Gasteiger charge is 2.56. The van der Waals surface area contributed by atoms with Crippen LogP contribution in [0.1, 0.15) is 57.8 Å². The molecule has 0 aromatic heterocycles. The number of ketones is 1. The highest BCUT2D eigenvalue weighted by molar-refractivity contribution is 6.20. The van der Waals surface area contributed by atoms with Gasteiger partial charge < -0.3 is 14.6 Å². The van der Waals surface area contributed by atoms with Gasteiger partial charge in [0.25, 0.3) is 0 Å². The maximum atomic E-state index is 13.4. The number of Topliss-reactive ketones (excluding diaryl/α,β-unsaturated/α-hetero) is 1. The van der Waals surface area contributed by atoms with E-state index in [9.17, 15) is 9.90 Å². The molecule has 158 valence electrons. The SMILES string of the molecule is COC1=N[C@H]2C[C@@H](O)CC3=C2C2(C=C1C(=O)CN1CCCCC1)CCCC[C@@H]2O3. The van der Waals surface area contributed by atoms with Crippen molar-refractivity contribution in [1.82, 2.24) is 4.90 Å². The molecule has 1 unspecified atom stereocenters. The van der Waals surface area contributed by atoms with Gasteiger partial charge in [0.1, 0.15) is 11.9 Å². The first-order valence-electron chi connectivity index (χ1n) is 11.3. The lowest BCUT2D eigenvalue weighted by Crippen LogP contribution is -2.39. The van der Waals surface area contributed by atoms with E-state index < -0.39 is 6.10 Å². The molecule has 5 aliphatic rings. The van der Waals surface area contributed by atoms with Crippen molar-refractivity contribution in [3.05, 3.63) is 23.0 Å². The zero-order valence-electron chi connectivity index (χ0n) is 17.4. The van der Waals surface area contributed by atoms with Crippen LogP contribution in [0.4, 0.5) is 0 Å². The number of aliphatic hydroxyl groups is 1. The molecule has 1 saturated heterocycles. The number of nitrogens with zero attached hydrogens (tertiary/aromatic N) is 2. The van der Waals surface area contributed by atoms with Gasteiger partial charge in [0.2, 0.25) is 5.90 Å². The second-order valence-corrected chi connectivity index (χ2v) is 9.30. The van der Waals surface area contributed by atoms with Gasteiger partial charge in [-0.2, -0.15) is 0 Å². The second-order valence-electron chi connectivity index (χ2n) is 9.30. The van der Waals surface area contributed by atoms with Crippen LogP contribution >= 0.6 is 0 Å². The van der Waals surface area contributed by atoms with Crippen LogP contribution in [-0.4, -0.2) is 66.7 Å². The highest BCUT2D eigenvalue weighted by atomic mass is 16.5. The summed E-state index contributed by atoms with van der Waals surface area (Å²) in [6, 6.07) is -0.164. The van der Waals surface area contributed by atoms with Gasteiger partial charge in [0.15, 0.2) is 5.78 Å². The van der Waals surface area contributed by atoms with Crippen molar-refractivity contribution in [3.63, 3.8) is 0 Å². The summed E-state index contributed by atoms with van der Waals surface area (Å²) < 4.78 is 12.0. The van der Waals surface area contributed by atoms with Crippen molar-refractivity contribution in [2.45, 2.75) is 76.0 Å². The summed E-state index contributed by atoms with van der Waals surface area (Å²) in [4.78, 5) is 20.6. The number of aliphatic imine (C=N–C) groups is 1. The van der Waals surface area contributed by atoms with Crippen LogP contribution in [0.5, 0.6) is 0 Å². The van der Waals surface area contributed by atoms with Gasteiger partial charge in [0, 0.05) is 18.4 Å². The van der Waals surface area contributed by atoms with Crippen molar-refractivity contribution in [2.24, 2.45) is 10.4 Å². The molecule has 0 aromatic rings. The number of hydrogen-bond acceptors (Lipinski definition) is 6. The zero-order valence-corrected chi connectivity index (χ0v) is 17.4. The molecule has 0 amide bonds. The first kappa shape index (κ1) is 19.3. The van der Waals surface area contributed by atoms with Crippen LogP contribution in [0.3, 0.4) is 0 Å². The van der Waals surface area contributed by atoms with Gasteiger partial charge in [0.05, 0.1) is 36.8 Å². The van der Waals surface area contributed by atoms with Gasteiger partial charge in [-0.15, -0.1) is 0 Å². The molecule has 0 bridgehead atoms. The normalized spacial score (nSPS) is 37.0. The average Bonchev–Trinajstić information content (AvgIpc) is 2.97. The summed E-state index contributed by atoms with van der Waals surface area (Å²) in [5, 5.41) is 10.4. The zero-order chi connectivity index (χ0) is 20.0. The Kier molecular flexibility index (Phi) is 5.03. The fraction of sp³-hybridized carbons (Fsp3) is 0.739. The lowest BCUT2D eigenvalue weighted by molar-refractivity contribution is -0.116. The number of likely N-dealkylation sites (tertiary alicyclic amines) is 1. The van der Waals surface area contributed by atoms with E-state index in [2.05, 4.69) is 11.0 Å². The van der Waals surface area contributed by atoms with E-state index in [-0.39, 0.29) is 23.3 Å². The van der Waals surface area contributed by atoms with Crippen molar-refractivity contribution < 1.29 is 19.4 Å². The lowest BCUT2D eigenvalue weighted by atomic mass is 9.64. The van der Waals surface area contributed by atoms with Crippen LogP contribution in [0, 0.1) is 5.41 Å². The molecule has 5 rings (SSSR count). The van der Waals surface area contributed by atoms with Crippen molar-refractivity contribution in [3.8, 4) is 0 Å².